The Morgan fingerprint density at radius 3 is 2.17 bits per heavy atom. The van der Waals surface area contributed by atoms with E-state index in [1.165, 1.54) is 52.1 Å². The van der Waals surface area contributed by atoms with Crippen LogP contribution in [0.2, 0.25) is 3.45 Å². The van der Waals surface area contributed by atoms with E-state index >= 15 is 0 Å². The van der Waals surface area contributed by atoms with Crippen LogP contribution < -0.4 is 0 Å². The van der Waals surface area contributed by atoms with Gasteiger partial charge in [0.15, 0.2) is 0 Å². The molecule has 0 bridgehead atoms. The summed E-state index contributed by atoms with van der Waals surface area (Å²) in [5.41, 5.74) is 0. The van der Waals surface area contributed by atoms with Crippen LogP contribution in [0.4, 0.5) is 0 Å². The Bertz CT molecular complexity index is 15.9. The average molecular weight is 309 g/mol. The van der Waals surface area contributed by atoms with Crippen molar-refractivity contribution in [3.8, 4) is 0 Å². The van der Waals surface area contributed by atoms with Gasteiger partial charge in [0.05, 0.1) is 0 Å². The van der Waals surface area contributed by atoms with Gasteiger partial charge in [-0.15, -0.1) is 0 Å². The number of hydrogen-bond acceptors (Lipinski definition) is 0. The Morgan fingerprint density at radius 2 is 2.00 bits per heavy atom. The van der Waals surface area contributed by atoms with Crippen LogP contribution in [0.5, 0.6) is 0 Å². The summed E-state index contributed by atoms with van der Waals surface area (Å²) in [7, 11) is 0. The van der Waals surface area contributed by atoms with Gasteiger partial charge < -0.3 is 0 Å². The maximum atomic E-state index is 2.25. The Labute approximate surface area is 58.9 Å². The predicted molar refractivity (Wildman–Crippen MR) is 24.3 cm³/mol. The zero-order valence-electron chi connectivity index (χ0n) is 4.33. The van der Waals surface area contributed by atoms with Gasteiger partial charge in [-0.05, 0) is 0 Å². The van der Waals surface area contributed by atoms with Gasteiger partial charge in [-0.3, -0.25) is 0 Å². The van der Waals surface area contributed by atoms with Crippen molar-refractivity contribution in [1.29, 1.82) is 0 Å². The van der Waals surface area contributed by atoms with Gasteiger partial charge in [-0.25, -0.2) is 0 Å². The molecule has 0 aromatic rings. The zero-order valence-corrected chi connectivity index (χ0v) is 8.49. The second kappa shape index (κ2) is 6.05. The molecule has 0 aliphatic rings. The minimum atomic E-state index is 1.23. The van der Waals surface area contributed by atoms with Crippen molar-refractivity contribution >= 4 is 0 Å². The standard InChI is InChI=1S/C5H11.U/c1-3-5-4-2;/h1,3-5H2,2H3;. The van der Waals surface area contributed by atoms with Crippen LogP contribution >= 0.6 is 0 Å². The topological polar surface area (TPSA) is 0 Å². The van der Waals surface area contributed by atoms with Crippen molar-refractivity contribution in [2.75, 3.05) is 0 Å². The second-order valence-corrected chi connectivity index (χ2v) is 3.54. The van der Waals surface area contributed by atoms with Crippen molar-refractivity contribution in [2.24, 2.45) is 0 Å². The van der Waals surface area contributed by atoms with Crippen LogP contribution in [0, 0.1) is 29.4 Å². The van der Waals surface area contributed by atoms with Crippen LogP contribution in [0.25, 0.3) is 0 Å². The molecule has 6 heavy (non-hydrogen) atoms. The molecule has 0 nitrogen and oxygen atoms in total. The molecule has 0 aliphatic carbocycles. The normalized spacial score (nSPS) is 9.17. The Morgan fingerprint density at radius 1 is 1.33 bits per heavy atom. The molecular weight excluding hydrogens is 298 g/mol. The van der Waals surface area contributed by atoms with Crippen molar-refractivity contribution in [3.63, 3.8) is 0 Å². The number of unbranched alkanes of at least 4 members (excludes halogenated alkanes) is 2. The quantitative estimate of drug-likeness (QED) is 0.701. The molecule has 0 heterocycles. The fourth-order valence-corrected chi connectivity index (χ4v) is 1.42. The van der Waals surface area contributed by atoms with Gasteiger partial charge in [0.1, 0.15) is 0 Å². The molecule has 0 amide bonds. The fraction of sp³-hybridized carbons (Fsp3) is 1.00. The molecule has 0 aromatic carbocycles. The van der Waals surface area contributed by atoms with E-state index in [4.69, 9.17) is 0 Å². The van der Waals surface area contributed by atoms with Gasteiger partial charge in [-0.2, -0.15) is 0 Å². The Hall–Kier alpha value is 1.05. The van der Waals surface area contributed by atoms with Crippen molar-refractivity contribution in [1.82, 2.24) is 0 Å². The van der Waals surface area contributed by atoms with E-state index in [9.17, 15) is 0 Å². The van der Waals surface area contributed by atoms with E-state index in [1.54, 1.807) is 0 Å². The van der Waals surface area contributed by atoms with E-state index in [2.05, 4.69) is 6.92 Å². The van der Waals surface area contributed by atoms with E-state index in [0.29, 0.717) is 0 Å². The SMILES string of the molecule is CCCC[CH2][U]. The minimum absolute atomic E-state index is 1.23. The van der Waals surface area contributed by atoms with E-state index in [1.807, 2.05) is 0 Å². The first-order valence-electron chi connectivity index (χ1n) is 2.56. The van der Waals surface area contributed by atoms with Gasteiger partial charge in [0.2, 0.25) is 0 Å². The molecule has 0 rings (SSSR count). The van der Waals surface area contributed by atoms with Gasteiger partial charge in [0.25, 0.3) is 0 Å². The summed E-state index contributed by atoms with van der Waals surface area (Å²) < 4.78 is 1.52. The summed E-state index contributed by atoms with van der Waals surface area (Å²) in [5, 5.41) is 0. The molecule has 0 unspecified atom stereocenters. The molecule has 0 atom stereocenters. The monoisotopic (exact) mass is 309 g/mol. The van der Waals surface area contributed by atoms with E-state index < -0.39 is 0 Å². The molecule has 0 spiro atoms. The molecule has 0 radical (unpaired) electrons. The van der Waals surface area contributed by atoms with Crippen LogP contribution in [-0.4, -0.2) is 0 Å². The summed E-state index contributed by atoms with van der Waals surface area (Å²) in [6.07, 6.45) is 4.33. The third-order valence-electron chi connectivity index (χ3n) is 0.780. The first-order valence-corrected chi connectivity index (χ1v) is 5.50. The first-order chi connectivity index (χ1) is 2.91. The molecule has 0 N–H and O–H groups in total. The number of hydrogen-bond donors (Lipinski definition) is 0. The van der Waals surface area contributed by atoms with Crippen LogP contribution in [0.3, 0.4) is 0 Å². The van der Waals surface area contributed by atoms with Gasteiger partial charge in [-0.1, -0.05) is 0 Å². The molecule has 0 saturated heterocycles. The average Bonchev–Trinajstić information content (AvgIpc) is 1.61. The maximum absolute atomic E-state index is 2.25. The van der Waals surface area contributed by atoms with E-state index in [0.717, 1.165) is 0 Å². The fourth-order valence-electron chi connectivity index (χ4n) is 0.375. The van der Waals surface area contributed by atoms with Crippen molar-refractivity contribution in [3.05, 3.63) is 0 Å². The molecule has 1 heteroatoms. The molecule has 0 aliphatic heterocycles. The molecule has 0 aromatic heterocycles. The summed E-state index contributed by atoms with van der Waals surface area (Å²) in [6, 6.07) is 0. The molecule has 0 fully saturated rings. The zero-order chi connectivity index (χ0) is 4.83. The van der Waals surface area contributed by atoms with E-state index in [-0.39, 0.29) is 0 Å². The van der Waals surface area contributed by atoms with Crippen LogP contribution in [-0.2, 0) is 0 Å². The number of rotatable bonds is 3. The summed E-state index contributed by atoms with van der Waals surface area (Å²) >= 11 is 1.23. The molecule has 0 saturated carbocycles. The third-order valence-corrected chi connectivity index (χ3v) is 2.25. The van der Waals surface area contributed by atoms with Gasteiger partial charge in [0, 0.05) is 0 Å². The van der Waals surface area contributed by atoms with Crippen LogP contribution in [0.1, 0.15) is 26.2 Å². The summed E-state index contributed by atoms with van der Waals surface area (Å²) in [4.78, 5) is 0. The molecule has 35 valence electrons. The van der Waals surface area contributed by atoms with Crippen molar-refractivity contribution < 1.29 is 29.4 Å². The summed E-state index contributed by atoms with van der Waals surface area (Å²) in [6.45, 7) is 2.25. The third kappa shape index (κ3) is 5.05. The molecular formula is C5H11U. The van der Waals surface area contributed by atoms with Crippen LogP contribution in [0.15, 0.2) is 0 Å². The predicted octanol–water partition coefficient (Wildman–Crippen LogP) is 2.14. The first kappa shape index (κ1) is 7.05. The summed E-state index contributed by atoms with van der Waals surface area (Å²) in [5.74, 6) is 0. The second-order valence-electron chi connectivity index (χ2n) is 1.46. The Kier molecular flexibility index (Phi) is 7.11. The Balaban J connectivity index is 2.34. The van der Waals surface area contributed by atoms with Gasteiger partial charge >= 0.3 is 59.1 Å². The van der Waals surface area contributed by atoms with Crippen molar-refractivity contribution in [2.45, 2.75) is 29.6 Å².